The Morgan fingerprint density at radius 3 is 2.68 bits per heavy atom. The summed E-state index contributed by atoms with van der Waals surface area (Å²) in [5, 5.41) is 15.1. The van der Waals surface area contributed by atoms with Crippen molar-refractivity contribution in [3.8, 4) is 11.8 Å². The number of rotatable bonds is 7. The molecule has 2 amide bonds. The lowest BCUT2D eigenvalue weighted by atomic mass is 10.1. The number of anilines is 3. The molecule has 1 aromatic carbocycles. The number of hydrogen-bond donors (Lipinski definition) is 3. The molecule has 0 spiro atoms. The average molecular weight is 381 g/mol. The van der Waals surface area contributed by atoms with Crippen LogP contribution in [0.15, 0.2) is 30.5 Å². The first-order chi connectivity index (χ1) is 13.6. The molecule has 1 heterocycles. The molecule has 0 radical (unpaired) electrons. The number of pyridine rings is 1. The van der Waals surface area contributed by atoms with Gasteiger partial charge < -0.3 is 15.4 Å². The van der Waals surface area contributed by atoms with Gasteiger partial charge >= 0.3 is 0 Å². The lowest BCUT2D eigenvalue weighted by Gasteiger charge is -2.16. The van der Waals surface area contributed by atoms with Crippen molar-refractivity contribution in [1.82, 2.24) is 10.5 Å². The molecule has 0 unspecified atom stereocenters. The lowest BCUT2D eigenvalue weighted by Crippen LogP contribution is -2.23. The molecule has 0 atom stereocenters. The number of methoxy groups -OCH3 is 1. The van der Waals surface area contributed by atoms with Gasteiger partial charge in [0, 0.05) is 18.2 Å². The van der Waals surface area contributed by atoms with E-state index >= 15 is 0 Å². The molecule has 1 fully saturated rings. The number of amides is 2. The van der Waals surface area contributed by atoms with Crippen molar-refractivity contribution in [3.05, 3.63) is 41.6 Å². The summed E-state index contributed by atoms with van der Waals surface area (Å²) in [5.41, 5.74) is 3.62. The molecule has 1 aromatic heterocycles. The zero-order chi connectivity index (χ0) is 20.1. The second-order valence-electron chi connectivity index (χ2n) is 6.14. The maximum absolute atomic E-state index is 12.3. The van der Waals surface area contributed by atoms with Crippen molar-refractivity contribution in [3.63, 3.8) is 0 Å². The average Bonchev–Trinajstić information content (AvgIpc) is 3.53. The minimum Gasteiger partial charge on any atom is -0.493 e. The summed E-state index contributed by atoms with van der Waals surface area (Å²) in [7, 11) is 2.77. The normalized spacial score (nSPS) is 12.6. The SMILES string of the molecule is CONC(=O)c1cnc(NC(=O)C2CC2)cc1Nc1cccc(C#N)c1OC. The first-order valence-electron chi connectivity index (χ1n) is 8.55. The molecule has 0 aliphatic heterocycles. The van der Waals surface area contributed by atoms with Gasteiger partial charge in [0.05, 0.1) is 36.7 Å². The highest BCUT2D eigenvalue weighted by atomic mass is 16.6. The molecule has 1 saturated carbocycles. The van der Waals surface area contributed by atoms with E-state index in [0.29, 0.717) is 28.5 Å². The predicted octanol–water partition coefficient (Wildman–Crippen LogP) is 2.35. The molecule has 144 valence electrons. The Morgan fingerprint density at radius 1 is 1.25 bits per heavy atom. The van der Waals surface area contributed by atoms with Crippen LogP contribution in [0.25, 0.3) is 0 Å². The number of hydrogen-bond acceptors (Lipinski definition) is 7. The largest absolute Gasteiger partial charge is 0.493 e. The van der Waals surface area contributed by atoms with Crippen LogP contribution in [0.3, 0.4) is 0 Å². The number of hydroxylamine groups is 1. The van der Waals surface area contributed by atoms with Gasteiger partial charge in [0.15, 0.2) is 5.75 Å². The fraction of sp³-hybridized carbons (Fsp3) is 0.263. The molecule has 0 bridgehead atoms. The van der Waals surface area contributed by atoms with Gasteiger partial charge in [-0.2, -0.15) is 5.26 Å². The number of nitrogens with one attached hydrogen (secondary N) is 3. The molecule has 1 aliphatic carbocycles. The monoisotopic (exact) mass is 381 g/mol. The Morgan fingerprint density at radius 2 is 2.04 bits per heavy atom. The highest BCUT2D eigenvalue weighted by Gasteiger charge is 2.30. The maximum Gasteiger partial charge on any atom is 0.278 e. The number of aromatic nitrogens is 1. The predicted molar refractivity (Wildman–Crippen MR) is 101 cm³/mol. The Bertz CT molecular complexity index is 950. The molecule has 2 aromatic rings. The topological polar surface area (TPSA) is 125 Å². The standard InChI is InChI=1S/C19H19N5O4/c1-27-17-12(9-20)4-3-5-14(17)22-15-8-16(23-18(25)11-6-7-11)21-10-13(15)19(26)24-28-2/h3-5,8,10-11H,6-7H2,1-2H3,(H,24,26)(H2,21,22,23,25). The second-order valence-corrected chi connectivity index (χ2v) is 6.14. The molecular weight excluding hydrogens is 362 g/mol. The number of ether oxygens (including phenoxy) is 1. The number of para-hydroxylation sites is 1. The first kappa shape index (κ1) is 19.1. The summed E-state index contributed by atoms with van der Waals surface area (Å²) in [6, 6.07) is 8.62. The highest BCUT2D eigenvalue weighted by Crippen LogP contribution is 2.33. The summed E-state index contributed by atoms with van der Waals surface area (Å²) in [6.45, 7) is 0. The summed E-state index contributed by atoms with van der Waals surface area (Å²) < 4.78 is 5.33. The summed E-state index contributed by atoms with van der Waals surface area (Å²) in [5.74, 6) is 0.0407. The third-order valence-electron chi connectivity index (χ3n) is 4.15. The second kappa shape index (κ2) is 8.37. The van der Waals surface area contributed by atoms with Crippen LogP contribution in [-0.4, -0.2) is 31.0 Å². The van der Waals surface area contributed by atoms with E-state index in [1.54, 1.807) is 24.3 Å². The zero-order valence-corrected chi connectivity index (χ0v) is 15.4. The van der Waals surface area contributed by atoms with Crippen molar-refractivity contribution in [1.29, 1.82) is 5.26 Å². The summed E-state index contributed by atoms with van der Waals surface area (Å²) >= 11 is 0. The third kappa shape index (κ3) is 4.19. The van der Waals surface area contributed by atoms with Gasteiger partial charge in [0.2, 0.25) is 5.91 Å². The minimum atomic E-state index is -0.520. The van der Waals surface area contributed by atoms with E-state index in [1.807, 2.05) is 0 Å². The fourth-order valence-electron chi connectivity index (χ4n) is 2.62. The minimum absolute atomic E-state index is 0.0158. The van der Waals surface area contributed by atoms with E-state index in [-0.39, 0.29) is 17.4 Å². The van der Waals surface area contributed by atoms with Crippen LogP contribution in [-0.2, 0) is 9.63 Å². The Hall–Kier alpha value is -3.64. The molecule has 3 rings (SSSR count). The van der Waals surface area contributed by atoms with E-state index in [4.69, 9.17) is 4.74 Å². The van der Waals surface area contributed by atoms with Crippen LogP contribution in [0.5, 0.6) is 5.75 Å². The number of nitriles is 1. The van der Waals surface area contributed by atoms with Gasteiger partial charge in [-0.15, -0.1) is 0 Å². The van der Waals surface area contributed by atoms with Crippen LogP contribution in [0.2, 0.25) is 0 Å². The Kier molecular flexibility index (Phi) is 5.72. The summed E-state index contributed by atoms with van der Waals surface area (Å²) in [6.07, 6.45) is 3.06. The van der Waals surface area contributed by atoms with Crippen molar-refractivity contribution >= 4 is 29.0 Å². The van der Waals surface area contributed by atoms with E-state index in [2.05, 4.69) is 32.0 Å². The Balaban J connectivity index is 1.97. The molecule has 9 heteroatoms. The van der Waals surface area contributed by atoms with Gasteiger partial charge in [-0.1, -0.05) is 6.07 Å². The molecule has 9 nitrogen and oxygen atoms in total. The van der Waals surface area contributed by atoms with Crippen LogP contribution >= 0.6 is 0 Å². The molecule has 0 saturated heterocycles. The first-order valence-corrected chi connectivity index (χ1v) is 8.55. The summed E-state index contributed by atoms with van der Waals surface area (Å²) in [4.78, 5) is 33.1. The van der Waals surface area contributed by atoms with Crippen LogP contribution in [0, 0.1) is 17.2 Å². The van der Waals surface area contributed by atoms with Gasteiger partial charge in [0.25, 0.3) is 5.91 Å². The quantitative estimate of drug-likeness (QED) is 0.629. The van der Waals surface area contributed by atoms with Gasteiger partial charge in [0.1, 0.15) is 11.9 Å². The van der Waals surface area contributed by atoms with E-state index in [0.717, 1.165) is 12.8 Å². The van der Waals surface area contributed by atoms with Crippen molar-refractivity contribution in [2.24, 2.45) is 5.92 Å². The number of benzene rings is 1. The third-order valence-corrected chi connectivity index (χ3v) is 4.15. The van der Waals surface area contributed by atoms with Gasteiger partial charge in [-0.05, 0) is 25.0 Å². The molecular formula is C19H19N5O4. The van der Waals surface area contributed by atoms with Crippen molar-refractivity contribution < 1.29 is 19.2 Å². The van der Waals surface area contributed by atoms with Crippen LogP contribution in [0.4, 0.5) is 17.2 Å². The van der Waals surface area contributed by atoms with Crippen LogP contribution in [0.1, 0.15) is 28.8 Å². The number of carbonyl (C=O) groups is 2. The lowest BCUT2D eigenvalue weighted by molar-refractivity contribution is -0.117. The van der Waals surface area contributed by atoms with Gasteiger partial charge in [-0.3, -0.25) is 14.4 Å². The molecule has 3 N–H and O–H groups in total. The van der Waals surface area contributed by atoms with Gasteiger partial charge in [-0.25, -0.2) is 10.5 Å². The maximum atomic E-state index is 12.3. The number of carbonyl (C=O) groups excluding carboxylic acids is 2. The fourth-order valence-corrected chi connectivity index (χ4v) is 2.62. The molecule has 28 heavy (non-hydrogen) atoms. The highest BCUT2D eigenvalue weighted by molar-refractivity contribution is 6.01. The van der Waals surface area contributed by atoms with E-state index in [9.17, 15) is 14.9 Å². The van der Waals surface area contributed by atoms with Crippen molar-refractivity contribution in [2.75, 3.05) is 24.9 Å². The smallest absolute Gasteiger partial charge is 0.278 e. The zero-order valence-electron chi connectivity index (χ0n) is 15.4. The van der Waals surface area contributed by atoms with E-state index in [1.165, 1.54) is 20.4 Å². The van der Waals surface area contributed by atoms with E-state index < -0.39 is 5.91 Å². The molecule has 1 aliphatic rings. The Labute approximate surface area is 161 Å². The number of nitrogens with zero attached hydrogens (tertiary/aromatic N) is 2. The van der Waals surface area contributed by atoms with Crippen molar-refractivity contribution in [2.45, 2.75) is 12.8 Å². The van der Waals surface area contributed by atoms with Crippen LogP contribution < -0.4 is 20.9 Å².